The molecule has 2 aromatic heterocycles. The monoisotopic (exact) mass is 449 g/mol. The second-order valence-corrected chi connectivity index (χ2v) is 8.83. The topological polar surface area (TPSA) is 58.4 Å². The van der Waals surface area contributed by atoms with Gasteiger partial charge in [-0.3, -0.25) is 9.69 Å². The minimum Gasteiger partial charge on any atom is -0.462 e. The quantitative estimate of drug-likeness (QED) is 0.587. The van der Waals surface area contributed by atoms with Gasteiger partial charge in [0.2, 0.25) is 0 Å². The number of aryl methyl sites for hydroxylation is 1. The van der Waals surface area contributed by atoms with E-state index in [2.05, 4.69) is 15.2 Å². The number of furan rings is 1. The first-order valence-corrected chi connectivity index (χ1v) is 10.8. The van der Waals surface area contributed by atoms with Gasteiger partial charge in [-0.05, 0) is 43.5 Å². The molecule has 5 nitrogen and oxygen atoms in total. The number of alkyl halides is 3. The lowest BCUT2D eigenvalue weighted by molar-refractivity contribution is -0.137. The van der Waals surface area contributed by atoms with Crippen molar-refractivity contribution in [3.63, 3.8) is 0 Å². The lowest BCUT2D eigenvalue weighted by atomic mass is 10.0. The number of likely N-dealkylation sites (tertiary alicyclic amines) is 1. The minimum absolute atomic E-state index is 0.0124. The van der Waals surface area contributed by atoms with Crippen LogP contribution < -0.4 is 5.32 Å². The van der Waals surface area contributed by atoms with Crippen LogP contribution in [0.5, 0.6) is 0 Å². The summed E-state index contributed by atoms with van der Waals surface area (Å²) in [5.74, 6) is 0.429. The summed E-state index contributed by atoms with van der Waals surface area (Å²) in [6.45, 7) is 3.72. The van der Waals surface area contributed by atoms with E-state index in [-0.39, 0.29) is 11.9 Å². The first-order valence-electron chi connectivity index (χ1n) is 10.0. The predicted octanol–water partition coefficient (Wildman–Crippen LogP) is 5.12. The fourth-order valence-corrected chi connectivity index (χ4v) is 4.58. The van der Waals surface area contributed by atoms with E-state index in [1.165, 1.54) is 23.5 Å². The molecule has 3 aromatic rings. The average Bonchev–Trinajstić information content (AvgIpc) is 3.39. The third kappa shape index (κ3) is 5.16. The Morgan fingerprint density at radius 2 is 2.03 bits per heavy atom. The molecule has 0 spiro atoms. The molecular weight excluding hydrogens is 427 g/mol. The molecule has 9 heteroatoms. The first-order chi connectivity index (χ1) is 14.8. The molecule has 4 rings (SSSR count). The van der Waals surface area contributed by atoms with E-state index >= 15 is 0 Å². The molecule has 1 fully saturated rings. The molecule has 0 aliphatic carbocycles. The van der Waals surface area contributed by atoms with Gasteiger partial charge in [0.15, 0.2) is 10.8 Å². The van der Waals surface area contributed by atoms with Crippen LogP contribution in [0.3, 0.4) is 0 Å². The van der Waals surface area contributed by atoms with E-state index in [9.17, 15) is 18.0 Å². The zero-order valence-corrected chi connectivity index (χ0v) is 17.7. The number of nitrogens with zero attached hydrogens (tertiary/aromatic N) is 2. The second-order valence-electron chi connectivity index (χ2n) is 7.62. The maximum Gasteiger partial charge on any atom is 0.416 e. The van der Waals surface area contributed by atoms with Crippen LogP contribution in [0.1, 0.15) is 39.3 Å². The molecule has 0 bridgehead atoms. The molecule has 164 valence electrons. The molecular formula is C22H22F3N3O2S. The molecule has 31 heavy (non-hydrogen) atoms. The summed E-state index contributed by atoms with van der Waals surface area (Å²) in [6, 6.07) is 9.04. The van der Waals surface area contributed by atoms with Crippen molar-refractivity contribution in [3.8, 4) is 10.8 Å². The van der Waals surface area contributed by atoms with E-state index in [1.54, 1.807) is 24.5 Å². The van der Waals surface area contributed by atoms with E-state index in [0.717, 1.165) is 23.8 Å². The highest BCUT2D eigenvalue weighted by Gasteiger charge is 2.30. The van der Waals surface area contributed by atoms with Gasteiger partial charge in [-0.1, -0.05) is 18.2 Å². The number of thiazole rings is 1. The van der Waals surface area contributed by atoms with Crippen LogP contribution in [0, 0.1) is 6.92 Å². The lowest BCUT2D eigenvalue weighted by Crippen LogP contribution is -2.44. The van der Waals surface area contributed by atoms with Crippen LogP contribution in [0.2, 0.25) is 0 Å². The third-order valence-corrected chi connectivity index (χ3v) is 6.31. The Morgan fingerprint density at radius 3 is 2.71 bits per heavy atom. The largest absolute Gasteiger partial charge is 0.462 e. The number of halogens is 3. The van der Waals surface area contributed by atoms with E-state index in [0.29, 0.717) is 41.7 Å². The van der Waals surface area contributed by atoms with Crippen molar-refractivity contribution in [3.05, 3.63) is 64.4 Å². The maximum absolute atomic E-state index is 12.9. The Kier molecular flexibility index (Phi) is 6.15. The number of carbonyl (C=O) groups excluding carboxylic acids is 1. The molecule has 1 aromatic carbocycles. The number of hydrogen-bond acceptors (Lipinski definition) is 5. The number of aromatic nitrogens is 1. The Morgan fingerprint density at radius 1 is 1.26 bits per heavy atom. The van der Waals surface area contributed by atoms with Crippen molar-refractivity contribution in [1.29, 1.82) is 0 Å². The SMILES string of the molecule is Cc1sc(-c2ccco2)nc1C(=O)NC1CCN(Cc2cccc(C(F)(F)F)c2)CC1. The summed E-state index contributed by atoms with van der Waals surface area (Å²) < 4.78 is 44.1. The van der Waals surface area contributed by atoms with Crippen LogP contribution >= 0.6 is 11.3 Å². The van der Waals surface area contributed by atoms with E-state index in [4.69, 9.17) is 4.42 Å². The van der Waals surface area contributed by atoms with Gasteiger partial charge in [0.05, 0.1) is 11.8 Å². The van der Waals surface area contributed by atoms with E-state index < -0.39 is 11.7 Å². The van der Waals surface area contributed by atoms with Gasteiger partial charge in [-0.15, -0.1) is 11.3 Å². The van der Waals surface area contributed by atoms with Gasteiger partial charge in [-0.2, -0.15) is 13.2 Å². The highest BCUT2D eigenvalue weighted by Crippen LogP contribution is 2.30. The highest BCUT2D eigenvalue weighted by atomic mass is 32.1. The summed E-state index contributed by atoms with van der Waals surface area (Å²) in [4.78, 5) is 20.1. The molecule has 1 saturated heterocycles. The van der Waals surface area contributed by atoms with Gasteiger partial charge in [0.1, 0.15) is 5.69 Å². The third-order valence-electron chi connectivity index (χ3n) is 5.33. The molecule has 1 N–H and O–H groups in total. The summed E-state index contributed by atoms with van der Waals surface area (Å²) >= 11 is 1.41. The van der Waals surface area contributed by atoms with Crippen molar-refractivity contribution in [2.75, 3.05) is 13.1 Å². The van der Waals surface area contributed by atoms with Crippen molar-refractivity contribution in [2.24, 2.45) is 0 Å². The van der Waals surface area contributed by atoms with Crippen LogP contribution in [0.25, 0.3) is 10.8 Å². The Bertz CT molecular complexity index is 1040. The zero-order chi connectivity index (χ0) is 22.0. The van der Waals surface area contributed by atoms with Crippen molar-refractivity contribution in [2.45, 2.75) is 38.5 Å². The molecule has 0 saturated carbocycles. The molecule has 1 aliphatic heterocycles. The van der Waals surface area contributed by atoms with Crippen LogP contribution in [0.15, 0.2) is 47.1 Å². The predicted molar refractivity (Wildman–Crippen MR) is 112 cm³/mol. The molecule has 0 atom stereocenters. The number of piperidine rings is 1. The number of rotatable bonds is 5. The Balaban J connectivity index is 1.31. The highest BCUT2D eigenvalue weighted by molar-refractivity contribution is 7.15. The number of amides is 1. The van der Waals surface area contributed by atoms with Gasteiger partial charge in [0, 0.05) is 30.6 Å². The van der Waals surface area contributed by atoms with Crippen molar-refractivity contribution >= 4 is 17.2 Å². The molecule has 1 amide bonds. The second kappa shape index (κ2) is 8.84. The van der Waals surface area contributed by atoms with Crippen LogP contribution in [-0.4, -0.2) is 34.9 Å². The summed E-state index contributed by atoms with van der Waals surface area (Å²) in [5, 5.41) is 3.72. The molecule has 3 heterocycles. The minimum atomic E-state index is -4.34. The fourth-order valence-electron chi connectivity index (χ4n) is 3.71. The Hall–Kier alpha value is -2.65. The Labute approximate surface area is 181 Å². The van der Waals surface area contributed by atoms with Gasteiger partial charge in [-0.25, -0.2) is 4.98 Å². The number of carbonyl (C=O) groups is 1. The van der Waals surface area contributed by atoms with Gasteiger partial charge >= 0.3 is 6.18 Å². The van der Waals surface area contributed by atoms with Gasteiger partial charge < -0.3 is 9.73 Å². The summed E-state index contributed by atoms with van der Waals surface area (Å²) in [5.41, 5.74) is 0.420. The van der Waals surface area contributed by atoms with Crippen molar-refractivity contribution < 1.29 is 22.4 Å². The van der Waals surface area contributed by atoms with Crippen molar-refractivity contribution in [1.82, 2.24) is 15.2 Å². The normalized spacial score (nSPS) is 15.9. The standard InChI is InChI=1S/C22H22F3N3O2S/c1-14-19(27-21(31-14)18-6-3-11-30-18)20(29)26-17-7-9-28(10-8-17)13-15-4-2-5-16(12-15)22(23,24)25/h2-6,11-12,17H,7-10,13H2,1H3,(H,26,29). The van der Waals surface area contributed by atoms with E-state index in [1.807, 2.05) is 6.92 Å². The fraction of sp³-hybridized carbons (Fsp3) is 0.364. The summed E-state index contributed by atoms with van der Waals surface area (Å²) in [6.07, 6.45) is -1.30. The summed E-state index contributed by atoms with van der Waals surface area (Å²) in [7, 11) is 0. The van der Waals surface area contributed by atoms with Crippen LogP contribution in [-0.2, 0) is 12.7 Å². The molecule has 1 aliphatic rings. The average molecular weight is 449 g/mol. The molecule has 0 radical (unpaired) electrons. The maximum atomic E-state index is 12.9. The molecule has 0 unspecified atom stereocenters. The van der Waals surface area contributed by atoms with Crippen LogP contribution in [0.4, 0.5) is 13.2 Å². The smallest absolute Gasteiger partial charge is 0.416 e. The number of nitrogens with one attached hydrogen (secondary N) is 1. The van der Waals surface area contributed by atoms with Gasteiger partial charge in [0.25, 0.3) is 5.91 Å². The lowest BCUT2D eigenvalue weighted by Gasteiger charge is -2.32. The number of benzene rings is 1. The number of hydrogen-bond donors (Lipinski definition) is 1. The first kappa shape index (κ1) is 21.6. The zero-order valence-electron chi connectivity index (χ0n) is 16.9.